The summed E-state index contributed by atoms with van der Waals surface area (Å²) in [5.41, 5.74) is 5.11. The zero-order valence-electron chi connectivity index (χ0n) is 19.3. The molecule has 0 saturated carbocycles. The van der Waals surface area contributed by atoms with E-state index < -0.39 is 0 Å². The Morgan fingerprint density at radius 3 is 2.91 bits per heavy atom. The Labute approximate surface area is 189 Å². The fraction of sp³-hybridized carbons (Fsp3) is 0.480. The Bertz CT molecular complexity index is 1070. The summed E-state index contributed by atoms with van der Waals surface area (Å²) in [5, 5.41) is 8.90. The number of nitrogens with zero attached hydrogens (tertiary/aromatic N) is 4. The first-order valence-corrected chi connectivity index (χ1v) is 11.5. The lowest BCUT2D eigenvalue weighted by molar-refractivity contribution is 0.0929. The predicted molar refractivity (Wildman–Crippen MR) is 125 cm³/mol. The maximum absolute atomic E-state index is 12.9. The van der Waals surface area contributed by atoms with Gasteiger partial charge in [0.25, 0.3) is 5.91 Å². The molecule has 32 heavy (non-hydrogen) atoms. The van der Waals surface area contributed by atoms with E-state index in [2.05, 4.69) is 51.9 Å². The van der Waals surface area contributed by atoms with E-state index in [0.717, 1.165) is 50.1 Å². The van der Waals surface area contributed by atoms with Gasteiger partial charge in [0.1, 0.15) is 0 Å². The molecular weight excluding hydrogens is 402 g/mol. The average molecular weight is 436 g/mol. The van der Waals surface area contributed by atoms with Gasteiger partial charge in [-0.2, -0.15) is 5.10 Å². The van der Waals surface area contributed by atoms with Gasteiger partial charge in [-0.05, 0) is 30.0 Å². The molecule has 2 aromatic heterocycles. The number of hydrogen-bond acceptors (Lipinski definition) is 5. The van der Waals surface area contributed by atoms with Gasteiger partial charge in [0.15, 0.2) is 5.69 Å². The maximum atomic E-state index is 12.9. The number of carbonyl (C=O) groups is 1. The van der Waals surface area contributed by atoms with Crippen LogP contribution in [0.3, 0.4) is 0 Å². The smallest absolute Gasteiger partial charge is 0.272 e. The molecule has 1 N–H and O–H groups in total. The molecule has 0 fully saturated rings. The molecule has 0 spiro atoms. The Balaban J connectivity index is 1.57. The lowest BCUT2D eigenvalue weighted by Gasteiger charge is -2.28. The number of aromatic nitrogens is 3. The molecule has 0 saturated heterocycles. The standard InChI is InChI=1S/C25H33N5O2/c1-18(2)9-14-30-23-10-13-29(16-19-8-11-26-22-7-5-4-6-20(19)22)17-21(23)24(28-30)25(31)27-12-15-32-3/h4-8,11,18H,9-10,12-17H2,1-3H3,(H,27,31). The Kier molecular flexibility index (Phi) is 7.17. The minimum absolute atomic E-state index is 0.113. The second kappa shape index (κ2) is 10.2. The van der Waals surface area contributed by atoms with Gasteiger partial charge < -0.3 is 10.1 Å². The zero-order valence-corrected chi connectivity index (χ0v) is 19.3. The van der Waals surface area contributed by atoms with Crippen LogP contribution in [0, 0.1) is 5.92 Å². The van der Waals surface area contributed by atoms with Gasteiger partial charge in [-0.15, -0.1) is 0 Å². The van der Waals surface area contributed by atoms with E-state index in [1.54, 1.807) is 7.11 Å². The molecule has 0 aliphatic carbocycles. The number of hydrogen-bond donors (Lipinski definition) is 1. The van der Waals surface area contributed by atoms with E-state index in [9.17, 15) is 4.79 Å². The molecule has 7 heteroatoms. The number of rotatable bonds is 9. The first-order valence-electron chi connectivity index (χ1n) is 11.5. The van der Waals surface area contributed by atoms with Crippen molar-refractivity contribution in [3.8, 4) is 0 Å². The minimum Gasteiger partial charge on any atom is -0.383 e. The van der Waals surface area contributed by atoms with E-state index in [0.29, 0.717) is 24.8 Å². The monoisotopic (exact) mass is 435 g/mol. The van der Waals surface area contributed by atoms with E-state index in [-0.39, 0.29) is 5.91 Å². The van der Waals surface area contributed by atoms with Gasteiger partial charge >= 0.3 is 0 Å². The van der Waals surface area contributed by atoms with Crippen molar-refractivity contribution < 1.29 is 9.53 Å². The van der Waals surface area contributed by atoms with Crippen molar-refractivity contribution in [2.45, 2.75) is 46.3 Å². The number of pyridine rings is 1. The highest BCUT2D eigenvalue weighted by Gasteiger charge is 2.28. The number of para-hydroxylation sites is 1. The number of methoxy groups -OCH3 is 1. The molecule has 1 aliphatic rings. The van der Waals surface area contributed by atoms with E-state index in [1.165, 1.54) is 16.6 Å². The van der Waals surface area contributed by atoms with Crippen LogP contribution in [0.2, 0.25) is 0 Å². The molecule has 1 aromatic carbocycles. The zero-order chi connectivity index (χ0) is 22.5. The Morgan fingerprint density at radius 2 is 2.09 bits per heavy atom. The number of benzene rings is 1. The largest absolute Gasteiger partial charge is 0.383 e. The third kappa shape index (κ3) is 5.00. The predicted octanol–water partition coefficient (Wildman–Crippen LogP) is 3.41. The third-order valence-corrected chi connectivity index (χ3v) is 6.07. The summed E-state index contributed by atoms with van der Waals surface area (Å²) in [6, 6.07) is 10.4. The molecule has 3 heterocycles. The van der Waals surface area contributed by atoms with Gasteiger partial charge in [-0.25, -0.2) is 0 Å². The lowest BCUT2D eigenvalue weighted by Crippen LogP contribution is -2.33. The Morgan fingerprint density at radius 1 is 1.25 bits per heavy atom. The molecular formula is C25H33N5O2. The second-order valence-electron chi connectivity index (χ2n) is 8.88. The first-order chi connectivity index (χ1) is 15.6. The van der Waals surface area contributed by atoms with Gasteiger partial charge in [-0.1, -0.05) is 32.0 Å². The first kappa shape index (κ1) is 22.4. The molecule has 0 atom stereocenters. The molecule has 4 rings (SSSR count). The van der Waals surface area contributed by atoms with Crippen molar-refractivity contribution in [2.75, 3.05) is 26.8 Å². The quantitative estimate of drug-likeness (QED) is 0.522. The van der Waals surface area contributed by atoms with Crippen LogP contribution in [0.15, 0.2) is 36.5 Å². The van der Waals surface area contributed by atoms with E-state index >= 15 is 0 Å². The van der Waals surface area contributed by atoms with Crippen LogP contribution in [-0.4, -0.2) is 52.4 Å². The molecule has 0 radical (unpaired) electrons. The highest BCUT2D eigenvalue weighted by atomic mass is 16.5. The molecule has 1 aliphatic heterocycles. The Hall–Kier alpha value is -2.77. The summed E-state index contributed by atoms with van der Waals surface area (Å²) < 4.78 is 7.14. The molecule has 1 amide bonds. The van der Waals surface area contributed by atoms with Crippen molar-refractivity contribution >= 4 is 16.8 Å². The van der Waals surface area contributed by atoms with Gasteiger partial charge in [0.05, 0.1) is 12.1 Å². The number of nitrogens with one attached hydrogen (secondary N) is 1. The van der Waals surface area contributed by atoms with Crippen LogP contribution in [0.4, 0.5) is 0 Å². The molecule has 0 bridgehead atoms. The summed E-state index contributed by atoms with van der Waals surface area (Å²) in [5.74, 6) is 0.478. The SMILES string of the molecule is COCCNC(=O)c1nn(CCC(C)C)c2c1CN(Cc1ccnc3ccccc13)CC2. The summed E-state index contributed by atoms with van der Waals surface area (Å²) in [7, 11) is 1.63. The fourth-order valence-corrected chi connectivity index (χ4v) is 4.31. The number of aryl methyl sites for hydroxylation is 1. The normalized spacial score (nSPS) is 14.1. The minimum atomic E-state index is -0.113. The highest BCUT2D eigenvalue weighted by Crippen LogP contribution is 2.26. The van der Waals surface area contributed by atoms with Gasteiger partial charge in [0, 0.05) is 69.1 Å². The second-order valence-corrected chi connectivity index (χ2v) is 8.88. The van der Waals surface area contributed by atoms with Crippen molar-refractivity contribution in [1.29, 1.82) is 0 Å². The van der Waals surface area contributed by atoms with Crippen LogP contribution >= 0.6 is 0 Å². The van der Waals surface area contributed by atoms with E-state index in [1.807, 2.05) is 18.3 Å². The lowest BCUT2D eigenvalue weighted by atomic mass is 10.0. The summed E-state index contributed by atoms with van der Waals surface area (Å²) in [4.78, 5) is 19.8. The third-order valence-electron chi connectivity index (χ3n) is 6.07. The number of ether oxygens (including phenoxy) is 1. The highest BCUT2D eigenvalue weighted by molar-refractivity contribution is 5.94. The van der Waals surface area contributed by atoms with Crippen molar-refractivity contribution in [3.63, 3.8) is 0 Å². The van der Waals surface area contributed by atoms with Crippen LogP contribution in [0.25, 0.3) is 10.9 Å². The number of amides is 1. The van der Waals surface area contributed by atoms with Gasteiger partial charge in [0.2, 0.25) is 0 Å². The van der Waals surface area contributed by atoms with Crippen LogP contribution in [-0.2, 0) is 30.8 Å². The topological polar surface area (TPSA) is 72.3 Å². The van der Waals surface area contributed by atoms with Crippen molar-refractivity contribution in [3.05, 3.63) is 59.0 Å². The maximum Gasteiger partial charge on any atom is 0.272 e. The summed E-state index contributed by atoms with van der Waals surface area (Å²) >= 11 is 0. The average Bonchev–Trinajstić information content (AvgIpc) is 3.16. The van der Waals surface area contributed by atoms with Crippen molar-refractivity contribution in [1.82, 2.24) is 25.0 Å². The summed E-state index contributed by atoms with van der Waals surface area (Å²) in [6.45, 7) is 8.75. The van der Waals surface area contributed by atoms with Gasteiger partial charge in [-0.3, -0.25) is 19.4 Å². The van der Waals surface area contributed by atoms with Crippen LogP contribution in [0.1, 0.15) is 47.6 Å². The number of carbonyl (C=O) groups excluding carboxylic acids is 1. The summed E-state index contributed by atoms with van der Waals surface area (Å²) in [6.07, 6.45) is 3.83. The number of fused-ring (bicyclic) bond motifs is 2. The molecule has 0 unspecified atom stereocenters. The molecule has 7 nitrogen and oxygen atoms in total. The molecule has 3 aromatic rings. The fourth-order valence-electron chi connectivity index (χ4n) is 4.31. The van der Waals surface area contributed by atoms with Crippen LogP contribution in [0.5, 0.6) is 0 Å². The van der Waals surface area contributed by atoms with E-state index in [4.69, 9.17) is 9.84 Å². The van der Waals surface area contributed by atoms with Crippen LogP contribution < -0.4 is 5.32 Å². The molecule has 170 valence electrons. The van der Waals surface area contributed by atoms with Crippen molar-refractivity contribution in [2.24, 2.45) is 5.92 Å².